The van der Waals surface area contributed by atoms with Gasteiger partial charge in [-0.3, -0.25) is 0 Å². The molecule has 0 atom stereocenters. The Kier molecular flexibility index (Phi) is 4.18. The molecule has 0 spiro atoms. The van der Waals surface area contributed by atoms with E-state index in [1.807, 2.05) is 0 Å². The number of aliphatic carboxylic acids is 1. The molecular formula is C8H12O3. The van der Waals surface area contributed by atoms with Gasteiger partial charge in [-0.25, -0.2) is 4.79 Å². The van der Waals surface area contributed by atoms with Crippen molar-refractivity contribution >= 4 is 11.8 Å². The zero-order valence-corrected chi connectivity index (χ0v) is 6.76. The number of carboxylic acids is 1. The van der Waals surface area contributed by atoms with E-state index in [0.29, 0.717) is 18.4 Å². The van der Waals surface area contributed by atoms with Crippen molar-refractivity contribution in [2.45, 2.75) is 26.7 Å². The molecule has 0 unspecified atom stereocenters. The lowest BCUT2D eigenvalue weighted by atomic mass is 10.1. The number of hydrogen-bond donors (Lipinski definition) is 1. The summed E-state index contributed by atoms with van der Waals surface area (Å²) in [6.45, 7) is 3.11. The Labute approximate surface area is 65.7 Å². The lowest BCUT2D eigenvalue weighted by Gasteiger charge is -1.97. The maximum Gasteiger partial charge on any atom is 0.331 e. The summed E-state index contributed by atoms with van der Waals surface area (Å²) < 4.78 is 0. The van der Waals surface area contributed by atoms with Crippen LogP contribution in [-0.4, -0.2) is 16.9 Å². The van der Waals surface area contributed by atoms with Gasteiger partial charge in [0.25, 0.3) is 0 Å². The summed E-state index contributed by atoms with van der Waals surface area (Å²) in [5.41, 5.74) is 0.306. The minimum absolute atomic E-state index is 0.0191. The van der Waals surface area contributed by atoms with Crippen molar-refractivity contribution in [3.8, 4) is 0 Å². The van der Waals surface area contributed by atoms with Gasteiger partial charge in [-0.05, 0) is 20.3 Å². The van der Waals surface area contributed by atoms with E-state index in [1.54, 1.807) is 6.92 Å². The van der Waals surface area contributed by atoms with Crippen LogP contribution in [0.1, 0.15) is 26.7 Å². The van der Waals surface area contributed by atoms with E-state index in [1.165, 1.54) is 13.0 Å². The molecule has 0 rings (SSSR count). The fourth-order valence-electron chi connectivity index (χ4n) is 0.685. The zero-order valence-electron chi connectivity index (χ0n) is 6.76. The van der Waals surface area contributed by atoms with Gasteiger partial charge in [-0.2, -0.15) is 0 Å². The first kappa shape index (κ1) is 9.88. The highest BCUT2D eigenvalue weighted by molar-refractivity contribution is 5.87. The Balaban J connectivity index is 3.92. The average molecular weight is 156 g/mol. The summed E-state index contributed by atoms with van der Waals surface area (Å²) in [5, 5.41) is 8.51. The molecule has 0 aliphatic rings. The number of Topliss-reactive ketones (excluding diaryl/α,β-unsaturated/α-hetero) is 1. The van der Waals surface area contributed by atoms with Crippen molar-refractivity contribution in [1.82, 2.24) is 0 Å². The second kappa shape index (κ2) is 4.66. The molecule has 0 aromatic heterocycles. The molecule has 3 heteroatoms. The Bertz CT molecular complexity index is 192. The van der Waals surface area contributed by atoms with E-state index in [0.717, 1.165) is 0 Å². The van der Waals surface area contributed by atoms with Gasteiger partial charge in [0.05, 0.1) is 0 Å². The molecule has 62 valence electrons. The van der Waals surface area contributed by atoms with Gasteiger partial charge >= 0.3 is 5.97 Å². The van der Waals surface area contributed by atoms with Crippen LogP contribution in [0.25, 0.3) is 0 Å². The van der Waals surface area contributed by atoms with Crippen LogP contribution < -0.4 is 0 Å². The molecule has 11 heavy (non-hydrogen) atoms. The second-order valence-electron chi connectivity index (χ2n) is 2.32. The molecular weight excluding hydrogens is 144 g/mol. The Morgan fingerprint density at radius 1 is 1.36 bits per heavy atom. The van der Waals surface area contributed by atoms with Gasteiger partial charge in [0.1, 0.15) is 5.78 Å². The van der Waals surface area contributed by atoms with Gasteiger partial charge in [0.2, 0.25) is 0 Å². The van der Waals surface area contributed by atoms with Crippen molar-refractivity contribution < 1.29 is 14.7 Å². The van der Waals surface area contributed by atoms with Crippen molar-refractivity contribution in [2.24, 2.45) is 0 Å². The molecule has 0 aromatic carbocycles. The number of carboxylic acid groups (broad SMARTS) is 1. The van der Waals surface area contributed by atoms with E-state index >= 15 is 0 Å². The van der Waals surface area contributed by atoms with E-state index in [-0.39, 0.29) is 5.78 Å². The topological polar surface area (TPSA) is 54.4 Å². The van der Waals surface area contributed by atoms with Gasteiger partial charge < -0.3 is 9.90 Å². The molecule has 0 aliphatic heterocycles. The predicted octanol–water partition coefficient (Wildman–Crippen LogP) is 1.39. The largest absolute Gasteiger partial charge is 0.478 e. The lowest BCUT2D eigenvalue weighted by molar-refractivity contribution is -0.132. The maximum atomic E-state index is 10.5. The minimum Gasteiger partial charge on any atom is -0.478 e. The molecule has 3 nitrogen and oxygen atoms in total. The quantitative estimate of drug-likeness (QED) is 0.626. The molecule has 0 heterocycles. The highest BCUT2D eigenvalue weighted by Crippen LogP contribution is 2.04. The average Bonchev–Trinajstić information content (AvgIpc) is 1.87. The van der Waals surface area contributed by atoms with Crippen LogP contribution in [0.15, 0.2) is 11.6 Å². The first-order valence-electron chi connectivity index (χ1n) is 3.45. The number of allylic oxidation sites excluding steroid dienone is 1. The zero-order chi connectivity index (χ0) is 8.85. The Morgan fingerprint density at radius 2 is 1.91 bits per heavy atom. The second-order valence-corrected chi connectivity index (χ2v) is 2.32. The summed E-state index contributed by atoms with van der Waals surface area (Å²) in [6.07, 6.45) is 2.17. The Morgan fingerprint density at radius 3 is 2.18 bits per heavy atom. The minimum atomic E-state index is -0.936. The molecule has 1 N–H and O–H groups in total. The Hall–Kier alpha value is -1.12. The van der Waals surface area contributed by atoms with Crippen LogP contribution in [0.4, 0.5) is 0 Å². The SMILES string of the molecule is C/C=C(/CCC(C)=O)C(=O)O. The van der Waals surface area contributed by atoms with E-state index in [9.17, 15) is 9.59 Å². The van der Waals surface area contributed by atoms with Crippen LogP contribution in [0.5, 0.6) is 0 Å². The van der Waals surface area contributed by atoms with Gasteiger partial charge in [0, 0.05) is 12.0 Å². The third-order valence-electron chi connectivity index (χ3n) is 1.37. The summed E-state index contributed by atoms with van der Waals surface area (Å²) in [6, 6.07) is 0. The fraction of sp³-hybridized carbons (Fsp3) is 0.500. The molecule has 0 amide bonds. The van der Waals surface area contributed by atoms with Crippen LogP contribution in [0.2, 0.25) is 0 Å². The molecule has 0 saturated heterocycles. The third kappa shape index (κ3) is 4.31. The van der Waals surface area contributed by atoms with Crippen molar-refractivity contribution in [3.05, 3.63) is 11.6 Å². The van der Waals surface area contributed by atoms with Crippen molar-refractivity contribution in [2.75, 3.05) is 0 Å². The first-order valence-corrected chi connectivity index (χ1v) is 3.45. The summed E-state index contributed by atoms with van der Waals surface area (Å²) in [4.78, 5) is 20.8. The highest BCUT2D eigenvalue weighted by Gasteiger charge is 2.05. The third-order valence-corrected chi connectivity index (χ3v) is 1.37. The van der Waals surface area contributed by atoms with Crippen molar-refractivity contribution in [1.29, 1.82) is 0 Å². The molecule has 0 aromatic rings. The summed E-state index contributed by atoms with van der Waals surface area (Å²) >= 11 is 0. The predicted molar refractivity (Wildman–Crippen MR) is 41.3 cm³/mol. The van der Waals surface area contributed by atoms with Crippen LogP contribution in [0.3, 0.4) is 0 Å². The summed E-state index contributed by atoms with van der Waals surface area (Å²) in [7, 11) is 0. The van der Waals surface area contributed by atoms with Gasteiger partial charge in [0.15, 0.2) is 0 Å². The van der Waals surface area contributed by atoms with Gasteiger partial charge in [-0.1, -0.05) is 6.08 Å². The van der Waals surface area contributed by atoms with E-state index in [4.69, 9.17) is 5.11 Å². The van der Waals surface area contributed by atoms with E-state index in [2.05, 4.69) is 0 Å². The normalized spacial score (nSPS) is 11.3. The number of hydrogen-bond acceptors (Lipinski definition) is 2. The monoisotopic (exact) mass is 156 g/mol. The first-order chi connectivity index (χ1) is 5.07. The van der Waals surface area contributed by atoms with Crippen LogP contribution >= 0.6 is 0 Å². The number of rotatable bonds is 4. The molecule has 0 bridgehead atoms. The molecule has 0 fully saturated rings. The smallest absolute Gasteiger partial charge is 0.331 e. The van der Waals surface area contributed by atoms with Crippen LogP contribution in [-0.2, 0) is 9.59 Å². The molecule has 0 aliphatic carbocycles. The fourth-order valence-corrected chi connectivity index (χ4v) is 0.685. The highest BCUT2D eigenvalue weighted by atomic mass is 16.4. The molecule has 0 radical (unpaired) electrons. The molecule has 0 saturated carbocycles. The van der Waals surface area contributed by atoms with Gasteiger partial charge in [-0.15, -0.1) is 0 Å². The van der Waals surface area contributed by atoms with Crippen molar-refractivity contribution in [3.63, 3.8) is 0 Å². The van der Waals surface area contributed by atoms with E-state index < -0.39 is 5.97 Å². The number of ketones is 1. The standard InChI is InChI=1S/C8H12O3/c1-3-7(8(10)11)5-4-6(2)9/h3H,4-5H2,1-2H3,(H,10,11)/b7-3-. The maximum absolute atomic E-state index is 10.5. The number of carbonyl (C=O) groups excluding carboxylic acids is 1. The summed E-state index contributed by atoms with van der Waals surface area (Å²) in [5.74, 6) is -0.917. The lowest BCUT2D eigenvalue weighted by Crippen LogP contribution is -2.02. The number of carbonyl (C=O) groups is 2. The van der Waals surface area contributed by atoms with Crippen LogP contribution in [0, 0.1) is 0 Å².